The van der Waals surface area contributed by atoms with E-state index in [1.54, 1.807) is 12.0 Å². The van der Waals surface area contributed by atoms with E-state index in [2.05, 4.69) is 15.3 Å². The van der Waals surface area contributed by atoms with E-state index < -0.39 is 10.0 Å². The van der Waals surface area contributed by atoms with Crippen LogP contribution in [0.1, 0.15) is 34.0 Å². The summed E-state index contributed by atoms with van der Waals surface area (Å²) >= 11 is 0. The van der Waals surface area contributed by atoms with Gasteiger partial charge in [-0.1, -0.05) is 12.1 Å². The van der Waals surface area contributed by atoms with Crippen molar-refractivity contribution < 1.29 is 17.9 Å². The molecule has 1 N–H and O–H groups in total. The maximum Gasteiger partial charge on any atom is 0.254 e. The molecule has 9 nitrogen and oxygen atoms in total. The second-order valence-electron chi connectivity index (χ2n) is 7.50. The zero-order valence-corrected chi connectivity index (χ0v) is 18.4. The Balaban J connectivity index is 1.81. The Morgan fingerprint density at radius 3 is 2.57 bits per heavy atom. The van der Waals surface area contributed by atoms with E-state index in [-0.39, 0.29) is 11.8 Å². The lowest BCUT2D eigenvalue weighted by Gasteiger charge is -2.18. The highest BCUT2D eigenvalue weighted by Gasteiger charge is 2.33. The van der Waals surface area contributed by atoms with E-state index in [0.717, 1.165) is 11.3 Å². The summed E-state index contributed by atoms with van der Waals surface area (Å²) in [5.41, 5.74) is 1.88. The van der Waals surface area contributed by atoms with Crippen LogP contribution < -0.4 is 15.0 Å². The van der Waals surface area contributed by atoms with Gasteiger partial charge in [-0.15, -0.1) is 0 Å². The summed E-state index contributed by atoms with van der Waals surface area (Å²) in [6.07, 6.45) is 3.32. The smallest absolute Gasteiger partial charge is 0.254 e. The van der Waals surface area contributed by atoms with Crippen LogP contribution in [0.25, 0.3) is 0 Å². The van der Waals surface area contributed by atoms with Crippen LogP contribution >= 0.6 is 0 Å². The number of benzene rings is 1. The highest BCUT2D eigenvalue weighted by Crippen LogP contribution is 2.30. The third-order valence-electron chi connectivity index (χ3n) is 5.07. The van der Waals surface area contributed by atoms with Crippen molar-refractivity contribution in [1.82, 2.24) is 19.6 Å². The fraction of sp³-hybridized carbons (Fsp3) is 0.450. The first kappa shape index (κ1) is 22.0. The normalized spacial score (nSPS) is 17.0. The maximum atomic E-state index is 12.9. The molecule has 10 heteroatoms. The molecule has 0 bridgehead atoms. The van der Waals surface area contributed by atoms with Gasteiger partial charge in [0.15, 0.2) is 0 Å². The second-order valence-corrected chi connectivity index (χ2v) is 9.48. The molecule has 1 amide bonds. The first-order valence-electron chi connectivity index (χ1n) is 9.59. The highest BCUT2D eigenvalue weighted by molar-refractivity contribution is 7.88. The van der Waals surface area contributed by atoms with Crippen LogP contribution in [0.15, 0.2) is 30.5 Å². The van der Waals surface area contributed by atoms with Gasteiger partial charge in [0.1, 0.15) is 5.75 Å². The Morgan fingerprint density at radius 1 is 1.30 bits per heavy atom. The SMILES string of the molecule is COc1ccc(CNC(=O)c2cnc(N(C)C)nc2C2CCN(S(C)(=O)=O)C2)cc1. The largest absolute Gasteiger partial charge is 0.497 e. The lowest BCUT2D eigenvalue weighted by molar-refractivity contribution is 0.0948. The van der Waals surface area contributed by atoms with Crippen molar-refractivity contribution in [1.29, 1.82) is 0 Å². The van der Waals surface area contributed by atoms with Gasteiger partial charge in [-0.2, -0.15) is 0 Å². The summed E-state index contributed by atoms with van der Waals surface area (Å²) in [6, 6.07) is 7.43. The molecule has 0 spiro atoms. The van der Waals surface area contributed by atoms with Crippen LogP contribution in [0.2, 0.25) is 0 Å². The number of aromatic nitrogens is 2. The highest BCUT2D eigenvalue weighted by atomic mass is 32.2. The topological polar surface area (TPSA) is 105 Å². The van der Waals surface area contributed by atoms with Crippen LogP contribution in [-0.2, 0) is 16.6 Å². The van der Waals surface area contributed by atoms with Crippen molar-refractivity contribution in [3.63, 3.8) is 0 Å². The molecule has 1 unspecified atom stereocenters. The molecular weight excluding hydrogens is 406 g/mol. The Hall–Kier alpha value is -2.72. The number of carbonyl (C=O) groups is 1. The number of sulfonamides is 1. The van der Waals surface area contributed by atoms with Gasteiger partial charge in [-0.3, -0.25) is 4.79 Å². The van der Waals surface area contributed by atoms with Crippen LogP contribution in [-0.4, -0.2) is 69.1 Å². The summed E-state index contributed by atoms with van der Waals surface area (Å²) in [4.78, 5) is 23.5. The van der Waals surface area contributed by atoms with Crippen molar-refractivity contribution in [3.8, 4) is 5.75 Å². The predicted molar refractivity (Wildman–Crippen MR) is 114 cm³/mol. The molecule has 1 aliphatic rings. The summed E-state index contributed by atoms with van der Waals surface area (Å²) in [5.74, 6) is 0.776. The molecule has 2 aromatic rings. The summed E-state index contributed by atoms with van der Waals surface area (Å²) in [7, 11) is 1.95. The van der Waals surface area contributed by atoms with Gasteiger partial charge in [0, 0.05) is 45.8 Å². The monoisotopic (exact) mass is 433 g/mol. The van der Waals surface area contributed by atoms with Gasteiger partial charge >= 0.3 is 0 Å². The Bertz CT molecular complexity index is 1010. The molecule has 1 aromatic carbocycles. The van der Waals surface area contributed by atoms with E-state index in [0.29, 0.717) is 43.3 Å². The molecule has 1 atom stereocenters. The van der Waals surface area contributed by atoms with Gasteiger partial charge in [-0.05, 0) is 24.1 Å². The zero-order chi connectivity index (χ0) is 21.9. The predicted octanol–water partition coefficient (Wildman–Crippen LogP) is 1.23. The fourth-order valence-electron chi connectivity index (χ4n) is 3.36. The minimum Gasteiger partial charge on any atom is -0.497 e. The van der Waals surface area contributed by atoms with E-state index in [4.69, 9.17) is 4.74 Å². The molecular formula is C20H27N5O4S. The minimum absolute atomic E-state index is 0.164. The van der Waals surface area contributed by atoms with Gasteiger partial charge in [0.2, 0.25) is 16.0 Å². The lowest BCUT2D eigenvalue weighted by atomic mass is 10.00. The molecule has 1 aromatic heterocycles. The van der Waals surface area contributed by atoms with E-state index >= 15 is 0 Å². The number of nitrogens with zero attached hydrogens (tertiary/aromatic N) is 4. The molecule has 0 radical (unpaired) electrons. The number of hydrogen-bond donors (Lipinski definition) is 1. The third kappa shape index (κ3) is 5.06. The van der Waals surface area contributed by atoms with Crippen molar-refractivity contribution >= 4 is 21.9 Å². The number of hydrogen-bond acceptors (Lipinski definition) is 7. The first-order chi connectivity index (χ1) is 14.2. The molecule has 0 saturated carbocycles. The average molecular weight is 434 g/mol. The number of nitrogens with one attached hydrogen (secondary N) is 1. The average Bonchev–Trinajstić information content (AvgIpc) is 3.22. The van der Waals surface area contributed by atoms with Crippen LogP contribution in [0.3, 0.4) is 0 Å². The maximum absolute atomic E-state index is 12.9. The number of carbonyl (C=O) groups excluding carboxylic acids is 1. The van der Waals surface area contributed by atoms with Crippen molar-refractivity contribution in [2.75, 3.05) is 45.5 Å². The van der Waals surface area contributed by atoms with Crippen molar-refractivity contribution in [3.05, 3.63) is 47.3 Å². The Kier molecular flexibility index (Phi) is 6.57. The van der Waals surface area contributed by atoms with Gasteiger partial charge in [0.05, 0.1) is 24.6 Å². The summed E-state index contributed by atoms with van der Waals surface area (Å²) in [5, 5.41) is 2.90. The molecule has 3 rings (SSSR count). The zero-order valence-electron chi connectivity index (χ0n) is 17.6. The van der Waals surface area contributed by atoms with Crippen LogP contribution in [0.4, 0.5) is 5.95 Å². The number of rotatable bonds is 7. The number of ether oxygens (including phenoxy) is 1. The number of amides is 1. The van der Waals surface area contributed by atoms with Gasteiger partial charge in [0.25, 0.3) is 5.91 Å². The van der Waals surface area contributed by atoms with Gasteiger partial charge in [-0.25, -0.2) is 22.7 Å². The molecule has 162 valence electrons. The molecule has 0 aliphatic carbocycles. The lowest BCUT2D eigenvalue weighted by Crippen LogP contribution is -2.29. The molecule has 1 saturated heterocycles. The number of methoxy groups -OCH3 is 1. The van der Waals surface area contributed by atoms with Crippen molar-refractivity contribution in [2.24, 2.45) is 0 Å². The Labute approximate surface area is 177 Å². The molecule has 2 heterocycles. The quantitative estimate of drug-likeness (QED) is 0.700. The van der Waals surface area contributed by atoms with Crippen molar-refractivity contribution in [2.45, 2.75) is 18.9 Å². The van der Waals surface area contributed by atoms with E-state index in [1.165, 1.54) is 16.8 Å². The molecule has 1 fully saturated rings. The van der Waals surface area contributed by atoms with E-state index in [1.807, 2.05) is 38.4 Å². The molecule has 30 heavy (non-hydrogen) atoms. The number of anilines is 1. The van der Waals surface area contributed by atoms with Gasteiger partial charge < -0.3 is 15.0 Å². The second kappa shape index (κ2) is 8.97. The summed E-state index contributed by atoms with van der Waals surface area (Å²) < 4.78 is 30.4. The molecule has 1 aliphatic heterocycles. The minimum atomic E-state index is -3.29. The third-order valence-corrected chi connectivity index (χ3v) is 6.34. The first-order valence-corrected chi connectivity index (χ1v) is 11.4. The van der Waals surface area contributed by atoms with E-state index in [9.17, 15) is 13.2 Å². The van der Waals surface area contributed by atoms with Crippen LogP contribution in [0, 0.1) is 0 Å². The standard InChI is InChI=1S/C20H27N5O4S/c1-24(2)20-22-12-17(18(23-20)15-9-10-25(13-15)30(4,27)28)19(26)21-11-14-5-7-16(29-3)8-6-14/h5-8,12,15H,9-11,13H2,1-4H3,(H,21,26). The summed E-state index contributed by atoms with van der Waals surface area (Å²) in [6.45, 7) is 1.07. The Morgan fingerprint density at radius 2 is 2.00 bits per heavy atom. The van der Waals surface area contributed by atoms with Crippen LogP contribution in [0.5, 0.6) is 5.75 Å². The fourth-order valence-corrected chi connectivity index (χ4v) is 4.25.